The van der Waals surface area contributed by atoms with Crippen LogP contribution in [-0.2, 0) is 0 Å². The van der Waals surface area contributed by atoms with Gasteiger partial charge in [-0.1, -0.05) is 32.9 Å². The third-order valence-corrected chi connectivity index (χ3v) is 3.61. The molecular weight excluding hydrogens is 234 g/mol. The Labute approximate surface area is 118 Å². The van der Waals surface area contributed by atoms with Crippen LogP contribution in [0.5, 0.6) is 5.75 Å². The molecule has 1 rings (SSSR count). The summed E-state index contributed by atoms with van der Waals surface area (Å²) in [5.41, 5.74) is 1.50. The van der Waals surface area contributed by atoms with Gasteiger partial charge in [-0.3, -0.25) is 0 Å². The first-order chi connectivity index (χ1) is 8.84. The molecule has 0 aliphatic heterocycles. The van der Waals surface area contributed by atoms with E-state index in [1.54, 1.807) is 0 Å². The Balaban J connectivity index is 2.52. The summed E-state index contributed by atoms with van der Waals surface area (Å²) in [6, 6.07) is 8.40. The van der Waals surface area contributed by atoms with Gasteiger partial charge >= 0.3 is 0 Å². The third-order valence-electron chi connectivity index (χ3n) is 3.61. The average Bonchev–Trinajstić information content (AvgIpc) is 2.37. The lowest BCUT2D eigenvalue weighted by molar-refractivity contribution is 0.198. The van der Waals surface area contributed by atoms with Gasteiger partial charge in [-0.2, -0.15) is 0 Å². The molecule has 0 aromatic heterocycles. The van der Waals surface area contributed by atoms with Crippen molar-refractivity contribution >= 4 is 0 Å². The van der Waals surface area contributed by atoms with E-state index in [0.717, 1.165) is 18.7 Å². The highest BCUT2D eigenvalue weighted by Gasteiger charge is 2.15. The van der Waals surface area contributed by atoms with Crippen molar-refractivity contribution in [2.24, 2.45) is 0 Å². The van der Waals surface area contributed by atoms with Crippen LogP contribution >= 0.6 is 0 Å². The maximum absolute atomic E-state index is 5.98. The van der Waals surface area contributed by atoms with Gasteiger partial charge in [0, 0.05) is 12.1 Å². The summed E-state index contributed by atoms with van der Waals surface area (Å²) in [5, 5.41) is 3.54. The van der Waals surface area contributed by atoms with Gasteiger partial charge in [0.15, 0.2) is 0 Å². The minimum Gasteiger partial charge on any atom is -0.489 e. The molecule has 2 nitrogen and oxygen atoms in total. The summed E-state index contributed by atoms with van der Waals surface area (Å²) in [4.78, 5) is 0. The van der Waals surface area contributed by atoms with Crippen LogP contribution < -0.4 is 10.1 Å². The predicted molar refractivity (Wildman–Crippen MR) is 83.0 cm³/mol. The molecule has 0 fully saturated rings. The van der Waals surface area contributed by atoms with E-state index in [9.17, 15) is 0 Å². The van der Waals surface area contributed by atoms with Crippen LogP contribution in [0.1, 0.15) is 59.4 Å². The Kier molecular flexibility index (Phi) is 5.86. The highest BCUT2D eigenvalue weighted by molar-refractivity contribution is 5.30. The molecule has 0 spiro atoms. The lowest BCUT2D eigenvalue weighted by Crippen LogP contribution is -2.43. The van der Waals surface area contributed by atoms with Gasteiger partial charge in [-0.15, -0.1) is 0 Å². The topological polar surface area (TPSA) is 21.3 Å². The van der Waals surface area contributed by atoms with Crippen LogP contribution in [0.15, 0.2) is 24.3 Å². The number of hydrogen-bond donors (Lipinski definition) is 1. The predicted octanol–water partition coefficient (Wildman–Crippen LogP) is 4.36. The molecular formula is C17H29NO. The molecule has 108 valence electrons. The highest BCUT2D eigenvalue weighted by atomic mass is 16.5. The van der Waals surface area contributed by atoms with E-state index in [0.29, 0.717) is 5.92 Å². The summed E-state index contributed by atoms with van der Waals surface area (Å²) in [6.07, 6.45) is 1.29. The fourth-order valence-corrected chi connectivity index (χ4v) is 1.77. The van der Waals surface area contributed by atoms with Crippen LogP contribution in [-0.4, -0.2) is 18.2 Å². The standard InChI is InChI=1S/C17H29NO/c1-7-17(5,6)18-12-14(4)19-16-10-8-9-15(11-16)13(2)3/h8-11,13-14,18H,7,12H2,1-6H3. The molecule has 0 radical (unpaired) electrons. The highest BCUT2D eigenvalue weighted by Crippen LogP contribution is 2.21. The number of rotatable bonds is 7. The third kappa shape index (κ3) is 5.65. The first-order valence-electron chi connectivity index (χ1n) is 7.35. The maximum atomic E-state index is 5.98. The molecule has 1 atom stereocenters. The van der Waals surface area contributed by atoms with E-state index in [4.69, 9.17) is 4.74 Å². The van der Waals surface area contributed by atoms with Crippen LogP contribution in [0.4, 0.5) is 0 Å². The van der Waals surface area contributed by atoms with Crippen molar-refractivity contribution in [3.8, 4) is 5.75 Å². The first-order valence-corrected chi connectivity index (χ1v) is 7.35. The van der Waals surface area contributed by atoms with Crippen molar-refractivity contribution in [1.29, 1.82) is 0 Å². The smallest absolute Gasteiger partial charge is 0.120 e. The molecule has 0 aliphatic carbocycles. The van der Waals surface area contributed by atoms with E-state index >= 15 is 0 Å². The fourth-order valence-electron chi connectivity index (χ4n) is 1.77. The summed E-state index contributed by atoms with van der Waals surface area (Å²) in [7, 11) is 0. The van der Waals surface area contributed by atoms with Crippen molar-refractivity contribution < 1.29 is 4.74 Å². The summed E-state index contributed by atoms with van der Waals surface area (Å²) in [6.45, 7) is 14.0. The second-order valence-corrected chi connectivity index (χ2v) is 6.27. The average molecular weight is 263 g/mol. The molecule has 1 aromatic carbocycles. The molecule has 0 aliphatic rings. The van der Waals surface area contributed by atoms with Gasteiger partial charge in [0.2, 0.25) is 0 Å². The number of ether oxygens (including phenoxy) is 1. The SMILES string of the molecule is CCC(C)(C)NCC(C)Oc1cccc(C(C)C)c1. The summed E-state index contributed by atoms with van der Waals surface area (Å²) in [5.74, 6) is 1.51. The molecule has 0 amide bonds. The Morgan fingerprint density at radius 2 is 1.89 bits per heavy atom. The van der Waals surface area contributed by atoms with E-state index in [1.807, 2.05) is 6.07 Å². The molecule has 1 aromatic rings. The van der Waals surface area contributed by atoms with Gasteiger partial charge in [0.1, 0.15) is 11.9 Å². The second-order valence-electron chi connectivity index (χ2n) is 6.27. The Morgan fingerprint density at radius 1 is 1.21 bits per heavy atom. The fraction of sp³-hybridized carbons (Fsp3) is 0.647. The van der Waals surface area contributed by atoms with E-state index < -0.39 is 0 Å². The molecule has 0 saturated carbocycles. The maximum Gasteiger partial charge on any atom is 0.120 e. The Hall–Kier alpha value is -1.02. The van der Waals surface area contributed by atoms with Crippen molar-refractivity contribution in [3.63, 3.8) is 0 Å². The number of nitrogens with one attached hydrogen (secondary N) is 1. The zero-order chi connectivity index (χ0) is 14.5. The van der Waals surface area contributed by atoms with Crippen LogP contribution in [0.25, 0.3) is 0 Å². The van der Waals surface area contributed by atoms with Gasteiger partial charge in [0.25, 0.3) is 0 Å². The zero-order valence-corrected chi connectivity index (χ0v) is 13.3. The lowest BCUT2D eigenvalue weighted by atomic mass is 10.0. The Morgan fingerprint density at radius 3 is 2.47 bits per heavy atom. The number of hydrogen-bond acceptors (Lipinski definition) is 2. The summed E-state index contributed by atoms with van der Waals surface area (Å²) >= 11 is 0. The van der Waals surface area contributed by atoms with Gasteiger partial charge in [0.05, 0.1) is 0 Å². The van der Waals surface area contributed by atoms with Crippen LogP contribution in [0.2, 0.25) is 0 Å². The van der Waals surface area contributed by atoms with E-state index in [1.165, 1.54) is 5.56 Å². The molecule has 0 heterocycles. The van der Waals surface area contributed by atoms with Gasteiger partial charge < -0.3 is 10.1 Å². The second kappa shape index (κ2) is 6.95. The van der Waals surface area contributed by atoms with Gasteiger partial charge in [-0.05, 0) is 50.8 Å². The van der Waals surface area contributed by atoms with E-state index in [2.05, 4.69) is 65.1 Å². The van der Waals surface area contributed by atoms with Crippen molar-refractivity contribution in [2.75, 3.05) is 6.54 Å². The van der Waals surface area contributed by atoms with Crippen molar-refractivity contribution in [2.45, 2.75) is 65.5 Å². The molecule has 0 bridgehead atoms. The summed E-state index contributed by atoms with van der Waals surface area (Å²) < 4.78 is 5.98. The Bertz CT molecular complexity index is 385. The zero-order valence-electron chi connectivity index (χ0n) is 13.3. The molecule has 0 saturated heterocycles. The molecule has 1 unspecified atom stereocenters. The van der Waals surface area contributed by atoms with Gasteiger partial charge in [-0.25, -0.2) is 0 Å². The lowest BCUT2D eigenvalue weighted by Gasteiger charge is -2.27. The van der Waals surface area contributed by atoms with Crippen LogP contribution in [0.3, 0.4) is 0 Å². The van der Waals surface area contributed by atoms with Crippen LogP contribution in [0, 0.1) is 0 Å². The molecule has 1 N–H and O–H groups in total. The largest absolute Gasteiger partial charge is 0.489 e. The van der Waals surface area contributed by atoms with E-state index in [-0.39, 0.29) is 11.6 Å². The number of benzene rings is 1. The minimum atomic E-state index is 0.174. The van der Waals surface area contributed by atoms with Crippen molar-refractivity contribution in [3.05, 3.63) is 29.8 Å². The normalized spacial score (nSPS) is 13.6. The minimum absolute atomic E-state index is 0.174. The first kappa shape index (κ1) is 16.0. The van der Waals surface area contributed by atoms with Crippen molar-refractivity contribution in [1.82, 2.24) is 5.32 Å². The molecule has 2 heteroatoms. The quantitative estimate of drug-likeness (QED) is 0.789. The monoisotopic (exact) mass is 263 g/mol. The molecule has 19 heavy (non-hydrogen) atoms.